The average Bonchev–Trinajstić information content (AvgIpc) is 3.07. The summed E-state index contributed by atoms with van der Waals surface area (Å²) < 4.78 is 24.1. The second-order valence-electron chi connectivity index (χ2n) is 16.0. The number of carbonyl (C=O) groups is 1. The van der Waals surface area contributed by atoms with Crippen LogP contribution in [0.4, 0.5) is 0 Å². The zero-order valence-electron chi connectivity index (χ0n) is 32.6. The van der Waals surface area contributed by atoms with Gasteiger partial charge in [0.05, 0.1) is 36.4 Å². The van der Waals surface area contributed by atoms with Crippen LogP contribution in [0.1, 0.15) is 80.2 Å². The van der Waals surface area contributed by atoms with Crippen molar-refractivity contribution in [3.63, 3.8) is 0 Å². The van der Waals surface area contributed by atoms with Gasteiger partial charge in [0, 0.05) is 31.1 Å². The molecule has 294 valence electrons. The van der Waals surface area contributed by atoms with E-state index < -0.39 is 71.4 Å². The molecule has 0 aromatic heterocycles. The average molecular weight is 726 g/mol. The highest BCUT2D eigenvalue weighted by atomic mass is 16.7. The van der Waals surface area contributed by atoms with E-state index in [2.05, 4.69) is 10.6 Å². The van der Waals surface area contributed by atoms with E-state index in [4.69, 9.17) is 18.9 Å². The van der Waals surface area contributed by atoms with E-state index in [0.717, 1.165) is 5.56 Å². The molecule has 2 saturated heterocycles. The number of hydrogen-bond donors (Lipinski definition) is 7. The SMILES string of the molecule is CC[C@H]1OC(=O)C(C)[C@@](O)(CNCc2cccc(OC)c2)[C@H](C)[C@@H](O[C@@H]2O[C@H](C)C[C@H](N(C)C)[C@H]2O)[C@@](C)(O)C[C@@H](C)CN[C@H](C)[C@@H](O)[C@]1(C)O. The van der Waals surface area contributed by atoms with E-state index in [-0.39, 0.29) is 37.5 Å². The molecule has 3 rings (SSSR count). The number of nitrogens with one attached hydrogen (secondary N) is 2. The molecular formula is C38H67N3O10. The standard InChI is InChI=1S/C38H67N3O10/c1-12-30-37(8,46)32(43)26(6)40-19-22(2)18-36(7,45)33(51-35-31(42)29(41(9)10)16-23(3)49-35)24(4)38(47,25(5)34(44)50-30)21-39-20-27-14-13-15-28(17-27)48-11/h13-15,17,22-26,29-33,35,39-40,42-43,45-47H,12,16,18-21H2,1-11H3/t22-,23-,24-,25?,26-,29+,30-,31-,32-,33-,35+,36+,37-,38-/m1/s1. The first kappa shape index (κ1) is 43.5. The van der Waals surface area contributed by atoms with Gasteiger partial charge in [-0.15, -0.1) is 0 Å². The number of methoxy groups -OCH3 is 1. The molecule has 0 saturated carbocycles. The molecule has 1 aromatic rings. The third-order valence-electron chi connectivity index (χ3n) is 11.3. The summed E-state index contributed by atoms with van der Waals surface area (Å²) >= 11 is 0. The van der Waals surface area contributed by atoms with Crippen LogP contribution in [0.15, 0.2) is 24.3 Å². The van der Waals surface area contributed by atoms with Gasteiger partial charge in [0.15, 0.2) is 6.29 Å². The van der Waals surface area contributed by atoms with Gasteiger partial charge in [-0.2, -0.15) is 0 Å². The van der Waals surface area contributed by atoms with Crippen LogP contribution in [-0.2, 0) is 25.5 Å². The molecule has 14 atom stereocenters. The number of esters is 1. The molecule has 0 aliphatic carbocycles. The van der Waals surface area contributed by atoms with Crippen LogP contribution in [0.2, 0.25) is 0 Å². The van der Waals surface area contributed by atoms with E-state index in [0.29, 0.717) is 25.3 Å². The summed E-state index contributed by atoms with van der Waals surface area (Å²) in [5, 5.41) is 66.1. The second kappa shape index (κ2) is 17.9. The number of carbonyl (C=O) groups excluding carboxylic acids is 1. The molecule has 13 nitrogen and oxygen atoms in total. The highest BCUT2D eigenvalue weighted by Gasteiger charge is 2.54. The van der Waals surface area contributed by atoms with E-state index in [1.165, 1.54) is 6.92 Å². The van der Waals surface area contributed by atoms with E-state index >= 15 is 0 Å². The fourth-order valence-corrected chi connectivity index (χ4v) is 7.91. The monoisotopic (exact) mass is 725 g/mol. The molecule has 0 bridgehead atoms. The Morgan fingerprint density at radius 3 is 2.35 bits per heavy atom. The second-order valence-corrected chi connectivity index (χ2v) is 16.0. The molecule has 51 heavy (non-hydrogen) atoms. The number of hydrogen-bond acceptors (Lipinski definition) is 13. The van der Waals surface area contributed by atoms with Crippen LogP contribution in [0, 0.1) is 17.8 Å². The molecule has 7 N–H and O–H groups in total. The molecule has 0 radical (unpaired) electrons. The van der Waals surface area contributed by atoms with Crippen molar-refractivity contribution in [3.05, 3.63) is 29.8 Å². The molecule has 2 heterocycles. The van der Waals surface area contributed by atoms with Crippen molar-refractivity contribution in [1.82, 2.24) is 15.5 Å². The van der Waals surface area contributed by atoms with E-state index in [1.807, 2.05) is 57.1 Å². The lowest BCUT2D eigenvalue weighted by Gasteiger charge is -2.49. The van der Waals surface area contributed by atoms with Gasteiger partial charge in [-0.25, -0.2) is 0 Å². The fourth-order valence-electron chi connectivity index (χ4n) is 7.91. The summed E-state index contributed by atoms with van der Waals surface area (Å²) in [7, 11) is 5.33. The molecule has 2 fully saturated rings. The Bertz CT molecular complexity index is 1250. The summed E-state index contributed by atoms with van der Waals surface area (Å²) in [5.74, 6) is -2.45. The van der Waals surface area contributed by atoms with Gasteiger partial charge in [0.25, 0.3) is 0 Å². The lowest BCUT2D eigenvalue weighted by Crippen LogP contribution is -2.64. The third-order valence-corrected chi connectivity index (χ3v) is 11.3. The van der Waals surface area contributed by atoms with Crippen molar-refractivity contribution >= 4 is 5.97 Å². The van der Waals surface area contributed by atoms with E-state index in [9.17, 15) is 30.3 Å². The number of aliphatic hydroxyl groups excluding tert-OH is 2. The molecule has 1 unspecified atom stereocenters. The number of nitrogens with zero attached hydrogens (tertiary/aromatic N) is 1. The first-order valence-corrected chi connectivity index (χ1v) is 18.5. The fraction of sp³-hybridized carbons (Fsp3) is 0.816. The predicted octanol–water partition coefficient (Wildman–Crippen LogP) is 1.80. The van der Waals surface area contributed by atoms with Crippen LogP contribution in [0.5, 0.6) is 5.75 Å². The highest BCUT2D eigenvalue weighted by molar-refractivity contribution is 5.74. The van der Waals surface area contributed by atoms with Crippen molar-refractivity contribution in [1.29, 1.82) is 0 Å². The van der Waals surface area contributed by atoms with Crippen molar-refractivity contribution < 1.29 is 49.3 Å². The van der Waals surface area contributed by atoms with Crippen molar-refractivity contribution in [2.24, 2.45) is 17.8 Å². The minimum Gasteiger partial charge on any atom is -0.497 e. The number of likely N-dealkylation sites (N-methyl/N-ethyl adjacent to an activating group) is 1. The number of rotatable bonds is 9. The zero-order chi connectivity index (χ0) is 38.5. The number of ether oxygens (including phenoxy) is 4. The number of cyclic esters (lactones) is 1. The molecule has 2 aliphatic rings. The molecule has 1 aromatic carbocycles. The van der Waals surface area contributed by atoms with E-state index in [1.54, 1.807) is 41.7 Å². The maximum absolute atomic E-state index is 14.1. The predicted molar refractivity (Wildman–Crippen MR) is 194 cm³/mol. The maximum atomic E-state index is 14.1. The Morgan fingerprint density at radius 1 is 1.08 bits per heavy atom. The van der Waals surface area contributed by atoms with Gasteiger partial charge >= 0.3 is 5.97 Å². The number of benzene rings is 1. The van der Waals surface area contributed by atoms with Gasteiger partial charge in [-0.3, -0.25) is 4.79 Å². The first-order chi connectivity index (χ1) is 23.7. The van der Waals surface area contributed by atoms with Crippen LogP contribution in [0.25, 0.3) is 0 Å². The Morgan fingerprint density at radius 2 is 1.75 bits per heavy atom. The summed E-state index contributed by atoms with van der Waals surface area (Å²) in [5.41, 5.74) is -4.46. The minimum atomic E-state index is -1.91. The smallest absolute Gasteiger partial charge is 0.312 e. The normalized spacial score (nSPS) is 42.1. The van der Waals surface area contributed by atoms with Crippen LogP contribution < -0.4 is 15.4 Å². The third kappa shape index (κ3) is 10.4. The minimum absolute atomic E-state index is 0.119. The molecule has 13 heteroatoms. The summed E-state index contributed by atoms with van der Waals surface area (Å²) in [4.78, 5) is 16.0. The lowest BCUT2D eigenvalue weighted by atomic mass is 9.70. The van der Waals surface area contributed by atoms with Gasteiger partial charge in [-0.1, -0.05) is 32.9 Å². The van der Waals surface area contributed by atoms with Gasteiger partial charge in [0.2, 0.25) is 0 Å². The first-order valence-electron chi connectivity index (χ1n) is 18.5. The van der Waals surface area contributed by atoms with Crippen LogP contribution >= 0.6 is 0 Å². The van der Waals surface area contributed by atoms with Crippen LogP contribution in [-0.4, -0.2) is 136 Å². The van der Waals surface area contributed by atoms with Gasteiger partial charge in [-0.05, 0) is 98.1 Å². The van der Waals surface area contributed by atoms with Gasteiger partial charge in [0.1, 0.15) is 29.7 Å². The Labute approximate surface area is 305 Å². The summed E-state index contributed by atoms with van der Waals surface area (Å²) in [6.07, 6.45) is -5.05. The Balaban J connectivity index is 2.13. The topological polar surface area (TPSA) is 182 Å². The summed E-state index contributed by atoms with van der Waals surface area (Å²) in [6.45, 7) is 14.3. The Kier molecular flexibility index (Phi) is 15.3. The number of aliphatic hydroxyl groups is 5. The highest BCUT2D eigenvalue weighted by Crippen LogP contribution is 2.40. The molecule has 0 spiro atoms. The Hall–Kier alpha value is -1.91. The van der Waals surface area contributed by atoms with Crippen molar-refractivity contribution in [2.75, 3.05) is 34.3 Å². The lowest BCUT2D eigenvalue weighted by molar-refractivity contribution is -0.304. The quantitative estimate of drug-likeness (QED) is 0.183. The molecule has 0 amide bonds. The van der Waals surface area contributed by atoms with Crippen molar-refractivity contribution in [2.45, 2.75) is 147 Å². The summed E-state index contributed by atoms with van der Waals surface area (Å²) in [6, 6.07) is 6.59. The molecular weight excluding hydrogens is 658 g/mol. The largest absolute Gasteiger partial charge is 0.497 e. The zero-order valence-corrected chi connectivity index (χ0v) is 32.6. The van der Waals surface area contributed by atoms with Crippen molar-refractivity contribution in [3.8, 4) is 5.75 Å². The van der Waals surface area contributed by atoms with Gasteiger partial charge < -0.3 is 60.0 Å². The van der Waals surface area contributed by atoms with Crippen LogP contribution in [0.3, 0.4) is 0 Å². The molecule has 2 aliphatic heterocycles. The maximum Gasteiger partial charge on any atom is 0.312 e.